The minimum atomic E-state index is -0.597. The minimum absolute atomic E-state index is 0.262. The number of imidazole rings is 1. The van der Waals surface area contributed by atoms with E-state index < -0.39 is 5.54 Å². The van der Waals surface area contributed by atoms with Crippen molar-refractivity contribution in [2.24, 2.45) is 0 Å². The highest BCUT2D eigenvalue weighted by Gasteiger charge is 2.25. The first-order chi connectivity index (χ1) is 9.34. The van der Waals surface area contributed by atoms with Gasteiger partial charge in [0.25, 0.3) is 0 Å². The van der Waals surface area contributed by atoms with E-state index in [4.69, 9.17) is 0 Å². The molecule has 0 radical (unpaired) electrons. The fraction of sp³-hybridized carbons (Fsp3) is 0.500. The van der Waals surface area contributed by atoms with E-state index in [2.05, 4.69) is 60.8 Å². The second kappa shape index (κ2) is 5.26. The Morgan fingerprint density at radius 2 is 2.00 bits per heavy atom. The zero-order valence-electron chi connectivity index (χ0n) is 12.9. The molecule has 1 aromatic carbocycles. The number of nitrogens with zero attached hydrogens (tertiary/aromatic N) is 3. The monoisotopic (exact) mass is 270 g/mol. The zero-order chi connectivity index (χ0) is 14.9. The van der Waals surface area contributed by atoms with E-state index in [0.717, 1.165) is 11.0 Å². The summed E-state index contributed by atoms with van der Waals surface area (Å²) in [6.45, 7) is 10.8. The first-order valence-electron chi connectivity index (χ1n) is 6.96. The Morgan fingerprint density at radius 1 is 1.35 bits per heavy atom. The van der Waals surface area contributed by atoms with Crippen LogP contribution in [0.4, 0.5) is 0 Å². The summed E-state index contributed by atoms with van der Waals surface area (Å²) >= 11 is 0. The molecule has 106 valence electrons. The van der Waals surface area contributed by atoms with Gasteiger partial charge in [0, 0.05) is 6.04 Å². The molecule has 1 heterocycles. The van der Waals surface area contributed by atoms with Gasteiger partial charge in [0.05, 0.1) is 30.0 Å². The van der Waals surface area contributed by atoms with Crippen LogP contribution in [-0.2, 0) is 6.54 Å². The summed E-state index contributed by atoms with van der Waals surface area (Å²) in [5, 5.41) is 12.8. The maximum atomic E-state index is 9.46. The number of nitrogens with one attached hydrogen (secondary N) is 1. The van der Waals surface area contributed by atoms with Crippen LogP contribution in [-0.4, -0.2) is 21.1 Å². The Labute approximate surface area is 120 Å². The van der Waals surface area contributed by atoms with Crippen molar-refractivity contribution in [2.75, 3.05) is 0 Å². The quantitative estimate of drug-likeness (QED) is 0.929. The maximum Gasteiger partial charge on any atom is 0.122 e. The Hall–Kier alpha value is -1.86. The van der Waals surface area contributed by atoms with Gasteiger partial charge < -0.3 is 4.57 Å². The van der Waals surface area contributed by atoms with Gasteiger partial charge in [0.2, 0.25) is 0 Å². The summed E-state index contributed by atoms with van der Waals surface area (Å²) in [5.41, 5.74) is 3.96. The summed E-state index contributed by atoms with van der Waals surface area (Å²) < 4.78 is 2.06. The molecule has 4 nitrogen and oxygen atoms in total. The molecule has 0 spiro atoms. The predicted molar refractivity (Wildman–Crippen MR) is 81.5 cm³/mol. The summed E-state index contributed by atoms with van der Waals surface area (Å²) in [5.74, 6) is 0. The van der Waals surface area contributed by atoms with Gasteiger partial charge in [-0.2, -0.15) is 5.26 Å². The molecule has 0 aliphatic heterocycles. The van der Waals surface area contributed by atoms with Crippen molar-refractivity contribution in [3.8, 4) is 6.07 Å². The fourth-order valence-corrected chi connectivity index (χ4v) is 2.53. The van der Waals surface area contributed by atoms with Gasteiger partial charge in [-0.1, -0.05) is 0 Å². The van der Waals surface area contributed by atoms with Gasteiger partial charge in [-0.3, -0.25) is 5.32 Å². The number of hydrogen-bond acceptors (Lipinski definition) is 3. The van der Waals surface area contributed by atoms with Gasteiger partial charge >= 0.3 is 0 Å². The van der Waals surface area contributed by atoms with E-state index in [-0.39, 0.29) is 6.04 Å². The topological polar surface area (TPSA) is 53.6 Å². The van der Waals surface area contributed by atoms with Crippen molar-refractivity contribution in [3.63, 3.8) is 0 Å². The first kappa shape index (κ1) is 14.5. The van der Waals surface area contributed by atoms with Crippen molar-refractivity contribution in [3.05, 3.63) is 29.6 Å². The highest BCUT2D eigenvalue weighted by Crippen LogP contribution is 2.20. The lowest BCUT2D eigenvalue weighted by molar-refractivity contribution is 0.361. The molecule has 0 aliphatic rings. The van der Waals surface area contributed by atoms with E-state index >= 15 is 0 Å². The van der Waals surface area contributed by atoms with Crippen molar-refractivity contribution >= 4 is 11.0 Å². The van der Waals surface area contributed by atoms with Crippen LogP contribution in [0.3, 0.4) is 0 Å². The van der Waals surface area contributed by atoms with E-state index in [1.807, 2.05) is 13.3 Å². The van der Waals surface area contributed by atoms with Crippen LogP contribution >= 0.6 is 0 Å². The molecule has 4 heteroatoms. The van der Waals surface area contributed by atoms with E-state index in [1.54, 1.807) is 0 Å². The van der Waals surface area contributed by atoms with Gasteiger partial charge in [-0.15, -0.1) is 0 Å². The van der Waals surface area contributed by atoms with Crippen molar-refractivity contribution in [2.45, 2.75) is 52.7 Å². The Bertz CT molecular complexity index is 663. The maximum absolute atomic E-state index is 9.46. The Balaban J connectivity index is 2.39. The van der Waals surface area contributed by atoms with Crippen LogP contribution in [0, 0.1) is 25.2 Å². The second-order valence-corrected chi connectivity index (χ2v) is 6.04. The van der Waals surface area contributed by atoms with Crippen LogP contribution < -0.4 is 5.32 Å². The molecule has 0 saturated heterocycles. The second-order valence-electron chi connectivity index (χ2n) is 6.04. The largest absolute Gasteiger partial charge is 0.328 e. The molecule has 0 saturated carbocycles. The van der Waals surface area contributed by atoms with Gasteiger partial charge in [-0.05, 0) is 57.9 Å². The third-order valence-electron chi connectivity index (χ3n) is 3.58. The third kappa shape index (κ3) is 2.83. The van der Waals surface area contributed by atoms with Crippen molar-refractivity contribution < 1.29 is 0 Å². The number of benzene rings is 1. The van der Waals surface area contributed by atoms with Crippen LogP contribution in [0.25, 0.3) is 11.0 Å². The fourth-order valence-electron chi connectivity index (χ4n) is 2.53. The van der Waals surface area contributed by atoms with Crippen LogP contribution in [0.15, 0.2) is 18.5 Å². The highest BCUT2D eigenvalue weighted by molar-refractivity contribution is 5.77. The average Bonchev–Trinajstić information content (AvgIpc) is 2.71. The molecule has 0 bridgehead atoms. The van der Waals surface area contributed by atoms with E-state index in [9.17, 15) is 5.26 Å². The number of aromatic nitrogens is 2. The molecule has 0 fully saturated rings. The van der Waals surface area contributed by atoms with Crippen LogP contribution in [0.2, 0.25) is 0 Å². The molecule has 0 aliphatic carbocycles. The van der Waals surface area contributed by atoms with Crippen LogP contribution in [0.5, 0.6) is 0 Å². The lowest BCUT2D eigenvalue weighted by Gasteiger charge is -2.26. The van der Waals surface area contributed by atoms with Gasteiger partial charge in [0.1, 0.15) is 5.54 Å². The molecule has 1 aromatic heterocycles. The van der Waals surface area contributed by atoms with E-state index in [1.165, 1.54) is 11.1 Å². The van der Waals surface area contributed by atoms with Gasteiger partial charge in [-0.25, -0.2) is 4.98 Å². The molecular formula is C16H22N4. The summed E-state index contributed by atoms with van der Waals surface area (Å²) in [7, 11) is 0. The molecule has 0 amide bonds. The van der Waals surface area contributed by atoms with E-state index in [0.29, 0.717) is 6.54 Å². The van der Waals surface area contributed by atoms with Crippen molar-refractivity contribution in [1.82, 2.24) is 14.9 Å². The van der Waals surface area contributed by atoms with Gasteiger partial charge in [0.15, 0.2) is 0 Å². The first-order valence-corrected chi connectivity index (χ1v) is 6.96. The highest BCUT2D eigenvalue weighted by atomic mass is 15.1. The molecular weight excluding hydrogens is 248 g/mol. The number of aryl methyl sites for hydroxylation is 2. The smallest absolute Gasteiger partial charge is 0.122 e. The number of fused-ring (bicyclic) bond motifs is 1. The Kier molecular flexibility index (Phi) is 3.82. The SMILES string of the molecule is Cc1cc2ncn(CC(C)(C#N)NC(C)C)c2cc1C. The number of hydrogen-bond donors (Lipinski definition) is 1. The predicted octanol–water partition coefficient (Wildman–Crippen LogP) is 2.93. The molecule has 1 unspecified atom stereocenters. The van der Waals surface area contributed by atoms with Crippen LogP contribution in [0.1, 0.15) is 31.9 Å². The summed E-state index contributed by atoms with van der Waals surface area (Å²) in [6.07, 6.45) is 1.82. The number of nitriles is 1. The normalized spacial score (nSPS) is 14.4. The minimum Gasteiger partial charge on any atom is -0.328 e. The zero-order valence-corrected chi connectivity index (χ0v) is 12.9. The molecule has 2 rings (SSSR count). The molecule has 20 heavy (non-hydrogen) atoms. The lowest BCUT2D eigenvalue weighted by atomic mass is 10.0. The standard InChI is InChI=1S/C16H22N4/c1-11(2)19-16(5,8-17)9-20-10-18-14-6-12(3)13(4)7-15(14)20/h6-7,10-11,19H,9H2,1-5H3. The number of rotatable bonds is 4. The lowest BCUT2D eigenvalue weighted by Crippen LogP contribution is -2.48. The summed E-state index contributed by atoms with van der Waals surface area (Å²) in [6, 6.07) is 6.88. The van der Waals surface area contributed by atoms with Crippen molar-refractivity contribution in [1.29, 1.82) is 5.26 Å². The Morgan fingerprint density at radius 3 is 2.60 bits per heavy atom. The molecule has 1 N–H and O–H groups in total. The summed E-state index contributed by atoms with van der Waals surface area (Å²) in [4.78, 5) is 4.44. The third-order valence-corrected chi connectivity index (χ3v) is 3.58. The molecule has 1 atom stereocenters. The average molecular weight is 270 g/mol. The molecule has 2 aromatic rings.